The van der Waals surface area contributed by atoms with Crippen molar-refractivity contribution >= 4 is 27.0 Å². The van der Waals surface area contributed by atoms with Crippen LogP contribution in [-0.4, -0.2) is 34.8 Å². The van der Waals surface area contributed by atoms with E-state index in [1.54, 1.807) is 7.11 Å². The van der Waals surface area contributed by atoms with Gasteiger partial charge in [-0.2, -0.15) is 0 Å². The Balaban J connectivity index is 1.86. The van der Waals surface area contributed by atoms with Gasteiger partial charge in [0.2, 0.25) is 0 Å². The average molecular weight is 312 g/mol. The minimum atomic E-state index is 0.470. The molecule has 0 aliphatic heterocycles. The molecule has 18 heavy (non-hydrogen) atoms. The van der Waals surface area contributed by atoms with Gasteiger partial charge in [0.15, 0.2) is 5.52 Å². The number of fused-ring (bicyclic) bond motifs is 1. The number of aromatic nitrogens is 3. The Morgan fingerprint density at radius 2 is 2.28 bits per heavy atom. The highest BCUT2D eigenvalue weighted by molar-refractivity contribution is 9.10. The molecule has 1 fully saturated rings. The van der Waals surface area contributed by atoms with Crippen LogP contribution in [0.5, 0.6) is 5.75 Å². The van der Waals surface area contributed by atoms with E-state index < -0.39 is 0 Å². The molecule has 0 bridgehead atoms. The minimum Gasteiger partial charge on any atom is -0.494 e. The van der Waals surface area contributed by atoms with Gasteiger partial charge >= 0.3 is 0 Å². The molecule has 2 aromatic rings. The number of nitrogens with zero attached hydrogens (tertiary/aromatic N) is 3. The maximum absolute atomic E-state index is 5.64. The van der Waals surface area contributed by atoms with Crippen LogP contribution in [0.3, 0.4) is 0 Å². The Hall–Kier alpha value is -1.14. The lowest BCUT2D eigenvalue weighted by Gasteiger charge is -2.05. The summed E-state index contributed by atoms with van der Waals surface area (Å²) in [6.45, 7) is 1.38. The van der Waals surface area contributed by atoms with Crippen molar-refractivity contribution in [2.45, 2.75) is 25.5 Å². The van der Waals surface area contributed by atoms with Crippen molar-refractivity contribution in [2.24, 2.45) is 0 Å². The molecule has 0 atom stereocenters. The highest BCUT2D eigenvalue weighted by Gasteiger charge is 2.22. The molecule has 0 amide bonds. The smallest absolute Gasteiger partial charge is 0.156 e. The van der Waals surface area contributed by atoms with Crippen LogP contribution in [0, 0.1) is 0 Å². The van der Waals surface area contributed by atoms with Gasteiger partial charge in [-0.25, -0.2) is 4.68 Å². The molecular weight excluding hydrogens is 298 g/mol. The van der Waals surface area contributed by atoms with Gasteiger partial charge in [-0.05, 0) is 40.9 Å². The molecule has 0 saturated heterocycles. The summed E-state index contributed by atoms with van der Waals surface area (Å²) in [6, 6.07) is 3.83. The predicted octanol–water partition coefficient (Wildman–Crippen LogP) is 2.38. The van der Waals surface area contributed by atoms with E-state index in [9.17, 15) is 0 Å². The second-order valence-corrected chi connectivity index (χ2v) is 5.18. The quantitative estimate of drug-likeness (QED) is 0.850. The first-order chi connectivity index (χ1) is 8.79. The van der Waals surface area contributed by atoms with E-state index >= 15 is 0 Å². The van der Waals surface area contributed by atoms with Crippen molar-refractivity contribution in [3.63, 3.8) is 0 Å². The monoisotopic (exact) mass is 311 g/mol. The van der Waals surface area contributed by atoms with E-state index in [4.69, 9.17) is 9.47 Å². The fourth-order valence-corrected chi connectivity index (χ4v) is 2.41. The molecule has 0 unspecified atom stereocenters. The highest BCUT2D eigenvalue weighted by Crippen LogP contribution is 2.30. The first-order valence-corrected chi connectivity index (χ1v) is 6.76. The summed E-state index contributed by atoms with van der Waals surface area (Å²) in [5, 5.41) is 8.32. The Kier molecular flexibility index (Phi) is 3.22. The number of hydrogen-bond acceptors (Lipinski definition) is 4. The Morgan fingerprint density at radius 1 is 1.44 bits per heavy atom. The molecule has 0 spiro atoms. The molecule has 6 heteroatoms. The normalized spacial score (nSPS) is 15.2. The standard InChI is InChI=1S/C12H14BrN3O2/c1-17-10-5-4-9(13)12-11(10)14-15-16(12)6-7-18-8-2-3-8/h4-5,8H,2-3,6-7H2,1H3. The second-order valence-electron chi connectivity index (χ2n) is 4.33. The van der Waals surface area contributed by atoms with Gasteiger partial charge < -0.3 is 9.47 Å². The third-order valence-electron chi connectivity index (χ3n) is 2.98. The average Bonchev–Trinajstić information content (AvgIpc) is 3.09. The number of hydrogen-bond donors (Lipinski definition) is 0. The summed E-state index contributed by atoms with van der Waals surface area (Å²) < 4.78 is 13.7. The van der Waals surface area contributed by atoms with Crippen LogP contribution in [0.2, 0.25) is 0 Å². The highest BCUT2D eigenvalue weighted by atomic mass is 79.9. The van der Waals surface area contributed by atoms with Gasteiger partial charge in [-0.1, -0.05) is 5.21 Å². The summed E-state index contributed by atoms with van der Waals surface area (Å²) in [6.07, 6.45) is 2.85. The van der Waals surface area contributed by atoms with Crippen molar-refractivity contribution in [3.8, 4) is 5.75 Å². The zero-order valence-corrected chi connectivity index (χ0v) is 11.7. The Labute approximate surface area is 113 Å². The molecule has 1 aromatic heterocycles. The van der Waals surface area contributed by atoms with E-state index in [1.807, 2.05) is 16.8 Å². The summed E-state index contributed by atoms with van der Waals surface area (Å²) >= 11 is 3.53. The number of rotatable bonds is 5. The molecule has 1 aromatic carbocycles. The molecule has 96 valence electrons. The van der Waals surface area contributed by atoms with E-state index in [0.29, 0.717) is 19.3 Å². The van der Waals surface area contributed by atoms with Crippen LogP contribution in [0.25, 0.3) is 11.0 Å². The van der Waals surface area contributed by atoms with Gasteiger partial charge in [-0.3, -0.25) is 0 Å². The van der Waals surface area contributed by atoms with Gasteiger partial charge in [0, 0.05) is 4.47 Å². The van der Waals surface area contributed by atoms with E-state index in [0.717, 1.165) is 21.3 Å². The van der Waals surface area contributed by atoms with Crippen LogP contribution < -0.4 is 4.74 Å². The molecule has 3 rings (SSSR count). The van der Waals surface area contributed by atoms with Crippen LogP contribution >= 0.6 is 15.9 Å². The molecule has 1 aliphatic carbocycles. The van der Waals surface area contributed by atoms with Crippen LogP contribution in [0.15, 0.2) is 16.6 Å². The van der Waals surface area contributed by atoms with Crippen molar-refractivity contribution in [3.05, 3.63) is 16.6 Å². The molecule has 0 radical (unpaired) electrons. The Morgan fingerprint density at radius 3 is 3.00 bits per heavy atom. The van der Waals surface area contributed by atoms with Crippen LogP contribution in [-0.2, 0) is 11.3 Å². The molecule has 1 heterocycles. The third-order valence-corrected chi connectivity index (χ3v) is 3.62. The lowest BCUT2D eigenvalue weighted by Crippen LogP contribution is -2.08. The summed E-state index contributed by atoms with van der Waals surface area (Å²) in [5.41, 5.74) is 1.73. The van der Waals surface area contributed by atoms with Crippen molar-refractivity contribution in [1.29, 1.82) is 0 Å². The lowest BCUT2D eigenvalue weighted by atomic mass is 10.3. The molecular formula is C12H14BrN3O2. The van der Waals surface area contributed by atoms with Crippen molar-refractivity contribution < 1.29 is 9.47 Å². The minimum absolute atomic E-state index is 0.470. The molecule has 5 nitrogen and oxygen atoms in total. The van der Waals surface area contributed by atoms with Crippen LogP contribution in [0.4, 0.5) is 0 Å². The summed E-state index contributed by atoms with van der Waals surface area (Å²) in [5.74, 6) is 0.738. The topological polar surface area (TPSA) is 49.2 Å². The fraction of sp³-hybridized carbons (Fsp3) is 0.500. The van der Waals surface area contributed by atoms with Gasteiger partial charge in [-0.15, -0.1) is 5.10 Å². The Bertz CT molecular complexity index is 566. The fourth-order valence-electron chi connectivity index (χ4n) is 1.88. The molecule has 0 N–H and O–H groups in total. The number of ether oxygens (including phenoxy) is 2. The van der Waals surface area contributed by atoms with Crippen molar-refractivity contribution in [2.75, 3.05) is 13.7 Å². The summed E-state index contributed by atoms with van der Waals surface area (Å²) in [4.78, 5) is 0. The third kappa shape index (κ3) is 2.22. The first kappa shape index (κ1) is 11.9. The van der Waals surface area contributed by atoms with E-state index in [2.05, 4.69) is 26.2 Å². The largest absolute Gasteiger partial charge is 0.494 e. The number of methoxy groups -OCH3 is 1. The zero-order valence-electron chi connectivity index (χ0n) is 10.1. The zero-order chi connectivity index (χ0) is 12.5. The van der Waals surface area contributed by atoms with E-state index in [1.165, 1.54) is 12.8 Å². The second kappa shape index (κ2) is 4.85. The van der Waals surface area contributed by atoms with Crippen molar-refractivity contribution in [1.82, 2.24) is 15.0 Å². The van der Waals surface area contributed by atoms with Gasteiger partial charge in [0.25, 0.3) is 0 Å². The maximum Gasteiger partial charge on any atom is 0.156 e. The number of benzene rings is 1. The lowest BCUT2D eigenvalue weighted by molar-refractivity contribution is 0.110. The molecule has 1 saturated carbocycles. The number of halogens is 1. The maximum atomic E-state index is 5.64. The van der Waals surface area contributed by atoms with E-state index in [-0.39, 0.29) is 0 Å². The first-order valence-electron chi connectivity index (χ1n) is 5.97. The van der Waals surface area contributed by atoms with Gasteiger partial charge in [0.1, 0.15) is 11.3 Å². The molecule has 1 aliphatic rings. The predicted molar refractivity (Wildman–Crippen MR) is 70.8 cm³/mol. The van der Waals surface area contributed by atoms with Crippen LogP contribution in [0.1, 0.15) is 12.8 Å². The SMILES string of the molecule is COc1ccc(Br)c2c1nnn2CCOC1CC1. The van der Waals surface area contributed by atoms with Gasteiger partial charge in [0.05, 0.1) is 26.4 Å². The summed E-state index contributed by atoms with van der Waals surface area (Å²) in [7, 11) is 1.64.